The maximum Gasteiger partial charge on any atom is 0.416 e. The van der Waals surface area contributed by atoms with E-state index in [9.17, 15) is 18.0 Å². The molecule has 1 saturated heterocycles. The smallest absolute Gasteiger partial charge is 0.370 e. The van der Waals surface area contributed by atoms with Gasteiger partial charge in [0.2, 0.25) is 5.91 Å². The summed E-state index contributed by atoms with van der Waals surface area (Å²) in [6, 6.07) is 3.53. The third-order valence-electron chi connectivity index (χ3n) is 4.60. The van der Waals surface area contributed by atoms with Crippen LogP contribution in [0.1, 0.15) is 31.7 Å². The van der Waals surface area contributed by atoms with Crippen molar-refractivity contribution in [2.45, 2.75) is 42.8 Å². The van der Waals surface area contributed by atoms with Gasteiger partial charge in [0.15, 0.2) is 5.16 Å². The number of halogens is 3. The fraction of sp³-hybridized carbons (Fsp3) is 0.500. The van der Waals surface area contributed by atoms with E-state index in [1.807, 2.05) is 4.90 Å². The number of nitrogens with one attached hydrogen (secondary N) is 1. The van der Waals surface area contributed by atoms with E-state index < -0.39 is 17.0 Å². The number of benzene rings is 1. The summed E-state index contributed by atoms with van der Waals surface area (Å²) in [5.74, 6) is -0.384. The Morgan fingerprint density at radius 2 is 1.96 bits per heavy atom. The predicted octanol–water partition coefficient (Wildman–Crippen LogP) is 3.94. The number of hydrogen-bond donors (Lipinski definition) is 1. The second-order valence-electron chi connectivity index (χ2n) is 6.75. The van der Waals surface area contributed by atoms with E-state index in [2.05, 4.69) is 15.5 Å². The van der Waals surface area contributed by atoms with Crippen LogP contribution in [0.15, 0.2) is 29.7 Å². The summed E-state index contributed by atoms with van der Waals surface area (Å²) in [6.07, 6.45) is 0.108. The van der Waals surface area contributed by atoms with Gasteiger partial charge >= 0.3 is 6.18 Å². The Morgan fingerprint density at radius 3 is 2.57 bits per heavy atom. The standard InChI is InChI=1S/C18H22F3N5OS/c1-12(28-17-24-22-11-25(17)2)16(27)23-14-10-13(18(19,20)21)6-7-15(14)26-8-4-3-5-9-26/h6-7,10-12H,3-5,8-9H2,1-2H3,(H,23,27). The van der Waals surface area contributed by atoms with Gasteiger partial charge in [-0.25, -0.2) is 0 Å². The largest absolute Gasteiger partial charge is 0.416 e. The Kier molecular flexibility index (Phi) is 6.17. The molecule has 1 aliphatic heterocycles. The first-order chi connectivity index (χ1) is 13.3. The van der Waals surface area contributed by atoms with Gasteiger partial charge in [0.1, 0.15) is 6.33 Å². The number of amides is 1. The Morgan fingerprint density at radius 1 is 1.25 bits per heavy atom. The van der Waals surface area contributed by atoms with E-state index in [4.69, 9.17) is 0 Å². The molecule has 1 fully saturated rings. The SMILES string of the molecule is CC(Sc1nncn1C)C(=O)Nc1cc(C(F)(F)F)ccc1N1CCCCC1. The first-order valence-corrected chi connectivity index (χ1v) is 9.91. The van der Waals surface area contributed by atoms with Gasteiger partial charge in [-0.15, -0.1) is 10.2 Å². The minimum absolute atomic E-state index is 0.187. The quantitative estimate of drug-likeness (QED) is 0.753. The first kappa shape index (κ1) is 20.5. The van der Waals surface area contributed by atoms with Gasteiger partial charge in [0, 0.05) is 20.1 Å². The van der Waals surface area contributed by atoms with Crippen LogP contribution in [0.2, 0.25) is 0 Å². The molecule has 1 atom stereocenters. The number of nitrogens with zero attached hydrogens (tertiary/aromatic N) is 4. The molecule has 2 heterocycles. The summed E-state index contributed by atoms with van der Waals surface area (Å²) < 4.78 is 41.2. The van der Waals surface area contributed by atoms with Crippen molar-refractivity contribution >= 4 is 29.0 Å². The third-order valence-corrected chi connectivity index (χ3v) is 5.75. The number of thioether (sulfide) groups is 1. The average Bonchev–Trinajstić information content (AvgIpc) is 3.06. The van der Waals surface area contributed by atoms with Crippen LogP contribution in [0.5, 0.6) is 0 Å². The summed E-state index contributed by atoms with van der Waals surface area (Å²) in [7, 11) is 1.76. The minimum atomic E-state index is -4.47. The van der Waals surface area contributed by atoms with Gasteiger partial charge in [0.25, 0.3) is 0 Å². The van der Waals surface area contributed by atoms with Crippen molar-refractivity contribution in [3.05, 3.63) is 30.1 Å². The van der Waals surface area contributed by atoms with E-state index in [0.717, 1.165) is 44.5 Å². The van der Waals surface area contributed by atoms with Gasteiger partial charge in [0.05, 0.1) is 22.2 Å². The number of carbonyl (C=O) groups excluding carboxylic acids is 1. The molecule has 0 spiro atoms. The molecule has 10 heteroatoms. The zero-order valence-electron chi connectivity index (χ0n) is 15.7. The Bertz CT molecular complexity index is 833. The van der Waals surface area contributed by atoms with Gasteiger partial charge in [-0.05, 0) is 44.4 Å². The topological polar surface area (TPSA) is 63.1 Å². The molecule has 152 valence electrons. The third kappa shape index (κ3) is 4.78. The molecule has 6 nitrogen and oxygen atoms in total. The van der Waals surface area contributed by atoms with E-state index in [1.54, 1.807) is 18.5 Å². The highest BCUT2D eigenvalue weighted by Gasteiger charge is 2.32. The van der Waals surface area contributed by atoms with E-state index in [-0.39, 0.29) is 11.6 Å². The van der Waals surface area contributed by atoms with Crippen LogP contribution in [-0.4, -0.2) is 39.0 Å². The lowest BCUT2D eigenvalue weighted by molar-refractivity contribution is -0.137. The zero-order valence-corrected chi connectivity index (χ0v) is 16.5. The van der Waals surface area contributed by atoms with Crippen molar-refractivity contribution in [1.29, 1.82) is 0 Å². The van der Waals surface area contributed by atoms with Crippen molar-refractivity contribution in [3.8, 4) is 0 Å². The number of carbonyl (C=O) groups is 1. The maximum absolute atomic E-state index is 13.2. The molecule has 1 amide bonds. The predicted molar refractivity (Wildman–Crippen MR) is 102 cm³/mol. The number of aryl methyl sites for hydroxylation is 1. The van der Waals surface area contributed by atoms with E-state index in [0.29, 0.717) is 10.8 Å². The fourth-order valence-corrected chi connectivity index (χ4v) is 3.84. The molecule has 1 aromatic carbocycles. The van der Waals surface area contributed by atoms with Gasteiger partial charge in [-0.3, -0.25) is 4.79 Å². The summed E-state index contributed by atoms with van der Waals surface area (Å²) in [6.45, 7) is 3.21. The number of anilines is 2. The van der Waals surface area contributed by atoms with Crippen molar-refractivity contribution in [3.63, 3.8) is 0 Å². The molecule has 0 bridgehead atoms. The molecule has 1 aromatic heterocycles. The molecular weight excluding hydrogens is 391 g/mol. The highest BCUT2D eigenvalue weighted by atomic mass is 32.2. The zero-order chi connectivity index (χ0) is 20.3. The highest BCUT2D eigenvalue weighted by molar-refractivity contribution is 8.00. The highest BCUT2D eigenvalue weighted by Crippen LogP contribution is 2.36. The number of alkyl halides is 3. The molecule has 1 N–H and O–H groups in total. The van der Waals surface area contributed by atoms with Crippen LogP contribution < -0.4 is 10.2 Å². The summed E-state index contributed by atoms with van der Waals surface area (Å²) >= 11 is 1.20. The molecule has 0 radical (unpaired) electrons. The van der Waals surface area contributed by atoms with E-state index in [1.165, 1.54) is 24.2 Å². The lowest BCUT2D eigenvalue weighted by atomic mass is 10.1. The van der Waals surface area contributed by atoms with Crippen molar-refractivity contribution < 1.29 is 18.0 Å². The monoisotopic (exact) mass is 413 g/mol. The van der Waals surface area contributed by atoms with Crippen molar-refractivity contribution in [1.82, 2.24) is 14.8 Å². The molecule has 3 rings (SSSR count). The minimum Gasteiger partial charge on any atom is -0.370 e. The van der Waals surface area contributed by atoms with Crippen molar-refractivity contribution in [2.24, 2.45) is 7.05 Å². The molecule has 0 aliphatic carbocycles. The fourth-order valence-electron chi connectivity index (χ4n) is 3.05. The molecule has 1 aliphatic rings. The van der Waals surface area contributed by atoms with Crippen LogP contribution in [-0.2, 0) is 18.0 Å². The second-order valence-corrected chi connectivity index (χ2v) is 8.06. The number of rotatable bonds is 5. The second kappa shape index (κ2) is 8.42. The van der Waals surface area contributed by atoms with Crippen LogP contribution in [0.4, 0.5) is 24.5 Å². The Balaban J connectivity index is 1.83. The summed E-state index contributed by atoms with van der Waals surface area (Å²) in [4.78, 5) is 14.7. The molecule has 28 heavy (non-hydrogen) atoms. The lowest BCUT2D eigenvalue weighted by Crippen LogP contribution is -2.31. The van der Waals surface area contributed by atoms with Gasteiger partial charge < -0.3 is 14.8 Å². The van der Waals surface area contributed by atoms with Crippen molar-refractivity contribution in [2.75, 3.05) is 23.3 Å². The normalized spacial score (nSPS) is 16.1. The van der Waals surface area contributed by atoms with Crippen LogP contribution in [0.25, 0.3) is 0 Å². The van der Waals surface area contributed by atoms with E-state index >= 15 is 0 Å². The molecule has 2 aromatic rings. The molecule has 1 unspecified atom stereocenters. The number of hydrogen-bond acceptors (Lipinski definition) is 5. The number of piperidine rings is 1. The summed E-state index contributed by atoms with van der Waals surface area (Å²) in [5.41, 5.74) is 0.0289. The first-order valence-electron chi connectivity index (χ1n) is 9.03. The maximum atomic E-state index is 13.2. The van der Waals surface area contributed by atoms with Crippen LogP contribution >= 0.6 is 11.8 Å². The van der Waals surface area contributed by atoms with Crippen LogP contribution in [0.3, 0.4) is 0 Å². The van der Waals surface area contributed by atoms with Gasteiger partial charge in [-0.1, -0.05) is 11.8 Å². The molecular formula is C18H22F3N5OS. The molecule has 0 saturated carbocycles. The Labute approximate surface area is 165 Å². The number of aromatic nitrogens is 3. The Hall–Kier alpha value is -2.23. The average molecular weight is 413 g/mol. The van der Waals surface area contributed by atoms with Crippen LogP contribution in [0, 0.1) is 0 Å². The summed E-state index contributed by atoms with van der Waals surface area (Å²) in [5, 5.41) is 10.4. The lowest BCUT2D eigenvalue weighted by Gasteiger charge is -2.31. The van der Waals surface area contributed by atoms with Gasteiger partial charge in [-0.2, -0.15) is 13.2 Å².